The average Bonchev–Trinajstić information content (AvgIpc) is 2.82. The van der Waals surface area contributed by atoms with Crippen molar-refractivity contribution in [2.24, 2.45) is 0 Å². The molecular weight excluding hydrogens is 270 g/mol. The van der Waals surface area contributed by atoms with Gasteiger partial charge in [-0.1, -0.05) is 24.6 Å². The van der Waals surface area contributed by atoms with E-state index >= 15 is 0 Å². The van der Waals surface area contributed by atoms with Crippen LogP contribution in [-0.2, 0) is 9.53 Å². The summed E-state index contributed by atoms with van der Waals surface area (Å²) in [6, 6.07) is 8.54. The van der Waals surface area contributed by atoms with Crippen LogP contribution >= 0.6 is 11.8 Å². The molecule has 1 N–H and O–H groups in total. The van der Waals surface area contributed by atoms with Crippen LogP contribution in [0.2, 0.25) is 0 Å². The van der Waals surface area contributed by atoms with Gasteiger partial charge < -0.3 is 10.1 Å². The number of methoxy groups -OCH3 is 1. The van der Waals surface area contributed by atoms with Gasteiger partial charge >= 0.3 is 5.97 Å². The summed E-state index contributed by atoms with van der Waals surface area (Å²) in [5, 5.41) is 3.82. The van der Waals surface area contributed by atoms with Gasteiger partial charge in [-0.15, -0.1) is 11.8 Å². The Morgan fingerprint density at radius 2 is 2.35 bits per heavy atom. The third-order valence-corrected chi connectivity index (χ3v) is 5.11. The van der Waals surface area contributed by atoms with Crippen LogP contribution in [0.1, 0.15) is 31.7 Å². The summed E-state index contributed by atoms with van der Waals surface area (Å²) in [4.78, 5) is 13.4. The van der Waals surface area contributed by atoms with Crippen LogP contribution in [0.4, 0.5) is 0 Å². The zero-order valence-electron chi connectivity index (χ0n) is 12.4. The van der Waals surface area contributed by atoms with Gasteiger partial charge in [0.25, 0.3) is 0 Å². The summed E-state index contributed by atoms with van der Waals surface area (Å²) < 4.78 is 5.00. The van der Waals surface area contributed by atoms with Gasteiger partial charge in [-0.2, -0.15) is 0 Å². The molecule has 3 nitrogen and oxygen atoms in total. The number of hydrogen-bond acceptors (Lipinski definition) is 4. The Labute approximate surface area is 125 Å². The fraction of sp³-hybridized carbons (Fsp3) is 0.562. The van der Waals surface area contributed by atoms with E-state index in [1.807, 2.05) is 18.7 Å². The fourth-order valence-electron chi connectivity index (χ4n) is 2.93. The Bertz CT molecular complexity index is 477. The zero-order chi connectivity index (χ0) is 14.6. The minimum atomic E-state index is -0.481. The monoisotopic (exact) mass is 293 g/mol. The van der Waals surface area contributed by atoms with E-state index in [4.69, 9.17) is 4.74 Å². The second-order valence-electron chi connectivity index (χ2n) is 5.40. The van der Waals surface area contributed by atoms with Crippen molar-refractivity contribution >= 4 is 17.7 Å². The van der Waals surface area contributed by atoms with Crippen LogP contribution in [0, 0.1) is 6.92 Å². The topological polar surface area (TPSA) is 38.3 Å². The lowest BCUT2D eigenvalue weighted by Crippen LogP contribution is -2.50. The highest BCUT2D eigenvalue weighted by Crippen LogP contribution is 2.40. The van der Waals surface area contributed by atoms with Crippen molar-refractivity contribution in [1.82, 2.24) is 5.32 Å². The number of likely N-dealkylation sites (N-methyl/N-ethyl adjacent to an activating group) is 1. The van der Waals surface area contributed by atoms with Crippen LogP contribution < -0.4 is 5.32 Å². The number of thioether (sulfide) groups is 1. The van der Waals surface area contributed by atoms with Crippen LogP contribution in [-0.4, -0.2) is 30.4 Å². The van der Waals surface area contributed by atoms with E-state index in [-0.39, 0.29) is 5.97 Å². The normalized spacial score (nSPS) is 25.6. The maximum Gasteiger partial charge on any atom is 0.326 e. The van der Waals surface area contributed by atoms with Crippen molar-refractivity contribution in [2.75, 3.05) is 13.7 Å². The minimum Gasteiger partial charge on any atom is -0.468 e. The summed E-state index contributed by atoms with van der Waals surface area (Å²) in [7, 11) is 1.47. The lowest BCUT2D eigenvalue weighted by Gasteiger charge is -2.27. The molecule has 1 saturated carbocycles. The van der Waals surface area contributed by atoms with Crippen molar-refractivity contribution in [3.05, 3.63) is 29.8 Å². The van der Waals surface area contributed by atoms with Gasteiger partial charge in [0.05, 0.1) is 7.11 Å². The highest BCUT2D eigenvalue weighted by molar-refractivity contribution is 8.00. The first-order valence-electron chi connectivity index (χ1n) is 7.16. The summed E-state index contributed by atoms with van der Waals surface area (Å²) >= 11 is 1.87. The van der Waals surface area contributed by atoms with Crippen LogP contribution in [0.3, 0.4) is 0 Å². The number of carbonyl (C=O) groups is 1. The number of hydrogen-bond donors (Lipinski definition) is 1. The summed E-state index contributed by atoms with van der Waals surface area (Å²) in [6.07, 6.45) is 2.74. The average molecular weight is 293 g/mol. The maximum absolute atomic E-state index is 12.1. The summed E-state index contributed by atoms with van der Waals surface area (Å²) in [5.41, 5.74) is 0.796. The Kier molecular flexibility index (Phi) is 5.11. The molecule has 2 unspecified atom stereocenters. The minimum absolute atomic E-state index is 0.119. The van der Waals surface area contributed by atoms with E-state index in [1.165, 1.54) is 17.6 Å². The van der Waals surface area contributed by atoms with Crippen molar-refractivity contribution in [3.63, 3.8) is 0 Å². The molecule has 1 fully saturated rings. The molecule has 0 aromatic heterocycles. The molecule has 0 heterocycles. The van der Waals surface area contributed by atoms with Gasteiger partial charge in [0.2, 0.25) is 0 Å². The van der Waals surface area contributed by atoms with Crippen molar-refractivity contribution in [1.29, 1.82) is 0 Å². The molecule has 20 heavy (non-hydrogen) atoms. The predicted molar refractivity (Wildman–Crippen MR) is 83.1 cm³/mol. The number of carbonyl (C=O) groups excluding carboxylic acids is 1. The number of esters is 1. The molecule has 0 bridgehead atoms. The summed E-state index contributed by atoms with van der Waals surface area (Å²) in [6.45, 7) is 4.93. The van der Waals surface area contributed by atoms with Gasteiger partial charge in [0.1, 0.15) is 5.54 Å². The Balaban J connectivity index is 2.05. The van der Waals surface area contributed by atoms with E-state index in [0.29, 0.717) is 5.25 Å². The van der Waals surface area contributed by atoms with E-state index < -0.39 is 5.54 Å². The summed E-state index contributed by atoms with van der Waals surface area (Å²) in [5.74, 6) is -0.119. The molecule has 110 valence electrons. The highest BCUT2D eigenvalue weighted by Gasteiger charge is 2.45. The zero-order valence-corrected chi connectivity index (χ0v) is 13.3. The molecule has 0 aliphatic heterocycles. The highest BCUT2D eigenvalue weighted by atomic mass is 32.2. The lowest BCUT2D eigenvalue weighted by molar-refractivity contribution is -0.148. The van der Waals surface area contributed by atoms with E-state index in [0.717, 1.165) is 25.8 Å². The van der Waals surface area contributed by atoms with Crippen molar-refractivity contribution < 1.29 is 9.53 Å². The Hall–Kier alpha value is -1.00. The number of aryl methyl sites for hydroxylation is 1. The van der Waals surface area contributed by atoms with Crippen LogP contribution in [0.15, 0.2) is 29.2 Å². The molecule has 1 aliphatic rings. The molecular formula is C16H23NO2S. The molecule has 0 radical (unpaired) electrons. The molecule has 1 aliphatic carbocycles. The predicted octanol–water partition coefficient (Wildman–Crippen LogP) is 3.16. The molecule has 0 spiro atoms. The quantitative estimate of drug-likeness (QED) is 0.846. The van der Waals surface area contributed by atoms with E-state index in [2.05, 4.69) is 36.5 Å². The molecule has 0 amide bonds. The second kappa shape index (κ2) is 6.64. The van der Waals surface area contributed by atoms with Gasteiger partial charge in [-0.25, -0.2) is 0 Å². The van der Waals surface area contributed by atoms with E-state index in [1.54, 1.807) is 0 Å². The number of nitrogens with one attached hydrogen (secondary N) is 1. The lowest BCUT2D eigenvalue weighted by atomic mass is 9.98. The van der Waals surface area contributed by atoms with E-state index in [9.17, 15) is 4.79 Å². The number of benzene rings is 1. The van der Waals surface area contributed by atoms with Gasteiger partial charge in [0.15, 0.2) is 0 Å². The molecule has 1 aromatic rings. The van der Waals surface area contributed by atoms with Crippen LogP contribution in [0.5, 0.6) is 0 Å². The third kappa shape index (κ3) is 3.36. The smallest absolute Gasteiger partial charge is 0.326 e. The number of rotatable bonds is 5. The molecule has 4 heteroatoms. The van der Waals surface area contributed by atoms with Gasteiger partial charge in [0, 0.05) is 10.1 Å². The van der Waals surface area contributed by atoms with Gasteiger partial charge in [-0.05, 0) is 44.9 Å². The molecule has 0 saturated heterocycles. The maximum atomic E-state index is 12.1. The Morgan fingerprint density at radius 3 is 3.00 bits per heavy atom. The first kappa shape index (κ1) is 15.4. The standard InChI is InChI=1S/C16H23NO2S/c1-4-17-16(15(18)19-3)9-8-14(11-16)20-13-7-5-6-12(2)10-13/h5-7,10,14,17H,4,8-9,11H2,1-3H3. The molecule has 2 atom stereocenters. The number of ether oxygens (including phenoxy) is 1. The largest absolute Gasteiger partial charge is 0.468 e. The van der Waals surface area contributed by atoms with Crippen molar-refractivity contribution in [3.8, 4) is 0 Å². The third-order valence-electron chi connectivity index (χ3n) is 3.85. The first-order chi connectivity index (χ1) is 9.59. The first-order valence-corrected chi connectivity index (χ1v) is 8.04. The second-order valence-corrected chi connectivity index (χ2v) is 6.78. The van der Waals surface area contributed by atoms with Crippen LogP contribution in [0.25, 0.3) is 0 Å². The SMILES string of the molecule is CCNC1(C(=O)OC)CCC(Sc2cccc(C)c2)C1. The van der Waals surface area contributed by atoms with Gasteiger partial charge in [-0.3, -0.25) is 4.79 Å². The fourth-order valence-corrected chi connectivity index (χ4v) is 4.33. The molecule has 2 rings (SSSR count). The molecule has 1 aromatic carbocycles. The Morgan fingerprint density at radius 1 is 1.55 bits per heavy atom. The van der Waals surface area contributed by atoms with Crippen molar-refractivity contribution in [2.45, 2.75) is 48.8 Å².